The Labute approximate surface area is 169 Å². The van der Waals surface area contributed by atoms with Gasteiger partial charge >= 0.3 is 6.18 Å². The van der Waals surface area contributed by atoms with Gasteiger partial charge in [-0.15, -0.1) is 17.8 Å². The second kappa shape index (κ2) is 8.80. The highest BCUT2D eigenvalue weighted by Crippen LogP contribution is 2.33. The first-order valence-corrected chi connectivity index (χ1v) is 9.31. The Morgan fingerprint density at radius 2 is 1.97 bits per heavy atom. The molecule has 1 N–H and O–H groups in total. The van der Waals surface area contributed by atoms with Crippen LogP contribution in [-0.4, -0.2) is 17.5 Å². The van der Waals surface area contributed by atoms with Crippen LogP contribution in [0.5, 0.6) is 5.75 Å². The molecule has 29 heavy (non-hydrogen) atoms. The SMILES string of the molecule is C#CCOc1ccc(NC(=O)Cc2csc(-c3cccc(C(F)(F)F)c3)n2)cc1. The number of benzene rings is 2. The zero-order valence-corrected chi connectivity index (χ0v) is 15.8. The minimum Gasteiger partial charge on any atom is -0.481 e. The molecule has 0 aliphatic heterocycles. The summed E-state index contributed by atoms with van der Waals surface area (Å²) in [6.07, 6.45) is 0.709. The summed E-state index contributed by atoms with van der Waals surface area (Å²) in [5.74, 6) is 2.66. The summed E-state index contributed by atoms with van der Waals surface area (Å²) >= 11 is 1.19. The Bertz CT molecular complexity index is 1040. The molecule has 0 unspecified atom stereocenters. The van der Waals surface area contributed by atoms with E-state index in [1.54, 1.807) is 35.7 Å². The second-order valence-electron chi connectivity index (χ2n) is 5.96. The smallest absolute Gasteiger partial charge is 0.416 e. The van der Waals surface area contributed by atoms with E-state index in [2.05, 4.69) is 16.2 Å². The van der Waals surface area contributed by atoms with E-state index in [1.807, 2.05) is 0 Å². The van der Waals surface area contributed by atoms with E-state index in [4.69, 9.17) is 11.2 Å². The van der Waals surface area contributed by atoms with Gasteiger partial charge in [-0.3, -0.25) is 4.79 Å². The predicted molar refractivity (Wildman–Crippen MR) is 106 cm³/mol. The highest BCUT2D eigenvalue weighted by atomic mass is 32.1. The quantitative estimate of drug-likeness (QED) is 0.574. The van der Waals surface area contributed by atoms with E-state index in [9.17, 15) is 18.0 Å². The van der Waals surface area contributed by atoms with Crippen LogP contribution < -0.4 is 10.1 Å². The topological polar surface area (TPSA) is 51.2 Å². The fraction of sp³-hybridized carbons (Fsp3) is 0.143. The Morgan fingerprint density at radius 1 is 1.21 bits per heavy atom. The lowest BCUT2D eigenvalue weighted by molar-refractivity contribution is -0.137. The van der Waals surface area contributed by atoms with Crippen molar-refractivity contribution in [2.45, 2.75) is 12.6 Å². The number of halogens is 3. The fourth-order valence-electron chi connectivity index (χ4n) is 2.48. The lowest BCUT2D eigenvalue weighted by Gasteiger charge is -2.07. The summed E-state index contributed by atoms with van der Waals surface area (Å²) in [4.78, 5) is 16.5. The van der Waals surface area contributed by atoms with Crippen LogP contribution in [0.15, 0.2) is 53.9 Å². The van der Waals surface area contributed by atoms with E-state index in [1.165, 1.54) is 17.4 Å². The van der Waals surface area contributed by atoms with Crippen LogP contribution in [0.25, 0.3) is 10.6 Å². The van der Waals surface area contributed by atoms with Gasteiger partial charge < -0.3 is 10.1 Å². The highest BCUT2D eigenvalue weighted by Gasteiger charge is 2.30. The first-order chi connectivity index (χ1) is 13.8. The van der Waals surface area contributed by atoms with Gasteiger partial charge in [-0.05, 0) is 36.4 Å². The molecule has 0 saturated heterocycles. The van der Waals surface area contributed by atoms with Crippen molar-refractivity contribution in [1.29, 1.82) is 0 Å². The van der Waals surface area contributed by atoms with Crippen molar-refractivity contribution in [1.82, 2.24) is 4.98 Å². The van der Waals surface area contributed by atoms with Gasteiger partial charge in [-0.25, -0.2) is 4.98 Å². The molecule has 1 aromatic heterocycles. The molecule has 1 amide bonds. The molecule has 0 atom stereocenters. The van der Waals surface area contributed by atoms with Crippen LogP contribution in [0.3, 0.4) is 0 Å². The number of thiazole rings is 1. The molecular weight excluding hydrogens is 401 g/mol. The summed E-state index contributed by atoms with van der Waals surface area (Å²) in [6, 6.07) is 11.7. The number of carbonyl (C=O) groups excluding carboxylic acids is 1. The zero-order valence-electron chi connectivity index (χ0n) is 15.0. The second-order valence-corrected chi connectivity index (χ2v) is 6.82. The normalized spacial score (nSPS) is 11.0. The lowest BCUT2D eigenvalue weighted by Crippen LogP contribution is -2.14. The number of terminal acetylenes is 1. The number of ether oxygens (including phenoxy) is 1. The van der Waals surface area contributed by atoms with Crippen molar-refractivity contribution >= 4 is 22.9 Å². The molecule has 0 aliphatic rings. The van der Waals surface area contributed by atoms with Crippen molar-refractivity contribution in [3.05, 3.63) is 65.2 Å². The van der Waals surface area contributed by atoms with Crippen LogP contribution >= 0.6 is 11.3 Å². The van der Waals surface area contributed by atoms with E-state index in [0.717, 1.165) is 12.1 Å². The first kappa shape index (κ1) is 20.4. The third-order valence-electron chi connectivity index (χ3n) is 3.79. The van der Waals surface area contributed by atoms with Gasteiger partial charge in [0.1, 0.15) is 17.4 Å². The third kappa shape index (κ3) is 5.59. The number of hydrogen-bond acceptors (Lipinski definition) is 4. The van der Waals surface area contributed by atoms with Crippen molar-refractivity contribution in [3.63, 3.8) is 0 Å². The van der Waals surface area contributed by atoms with E-state index in [0.29, 0.717) is 27.7 Å². The predicted octanol–water partition coefficient (Wildman–Crippen LogP) is 5.02. The summed E-state index contributed by atoms with van der Waals surface area (Å²) in [6.45, 7) is 0.156. The summed E-state index contributed by atoms with van der Waals surface area (Å²) in [5, 5.41) is 4.82. The highest BCUT2D eigenvalue weighted by molar-refractivity contribution is 7.13. The van der Waals surface area contributed by atoms with Gasteiger partial charge in [-0.1, -0.05) is 18.1 Å². The maximum atomic E-state index is 12.9. The molecule has 4 nitrogen and oxygen atoms in total. The molecule has 3 aromatic rings. The molecule has 3 rings (SSSR count). The number of hydrogen-bond donors (Lipinski definition) is 1. The number of nitrogens with zero attached hydrogens (tertiary/aromatic N) is 1. The molecule has 0 aliphatic carbocycles. The fourth-order valence-corrected chi connectivity index (χ4v) is 3.30. The zero-order chi connectivity index (χ0) is 20.9. The number of amides is 1. The number of anilines is 1. The van der Waals surface area contributed by atoms with Gasteiger partial charge in [0, 0.05) is 16.6 Å². The number of rotatable bonds is 6. The summed E-state index contributed by atoms with van der Waals surface area (Å²) < 4.78 is 43.9. The number of nitrogens with one attached hydrogen (secondary N) is 1. The van der Waals surface area contributed by atoms with E-state index < -0.39 is 11.7 Å². The Hall–Kier alpha value is -3.31. The molecular formula is C21H15F3N2O2S. The van der Waals surface area contributed by atoms with Crippen LogP contribution in [-0.2, 0) is 17.4 Å². The van der Waals surface area contributed by atoms with Crippen molar-refractivity contribution < 1.29 is 22.7 Å². The Kier molecular flexibility index (Phi) is 6.20. The summed E-state index contributed by atoms with van der Waals surface area (Å²) in [7, 11) is 0. The van der Waals surface area contributed by atoms with Gasteiger partial charge in [0.05, 0.1) is 17.7 Å². The van der Waals surface area contributed by atoms with Crippen LogP contribution in [0.1, 0.15) is 11.3 Å². The van der Waals surface area contributed by atoms with Gasteiger partial charge in [0.25, 0.3) is 0 Å². The third-order valence-corrected chi connectivity index (χ3v) is 4.73. The minimum absolute atomic E-state index is 0.00477. The van der Waals surface area contributed by atoms with Crippen molar-refractivity contribution in [2.75, 3.05) is 11.9 Å². The molecule has 0 saturated carbocycles. The monoisotopic (exact) mass is 416 g/mol. The number of carbonyl (C=O) groups is 1. The number of aromatic nitrogens is 1. The molecule has 0 spiro atoms. The van der Waals surface area contributed by atoms with Crippen LogP contribution in [0.2, 0.25) is 0 Å². The average molecular weight is 416 g/mol. The largest absolute Gasteiger partial charge is 0.481 e. The van der Waals surface area contributed by atoms with Crippen LogP contribution in [0.4, 0.5) is 18.9 Å². The maximum Gasteiger partial charge on any atom is 0.416 e. The standard InChI is InChI=1S/C21H15F3N2O2S/c1-2-10-28-18-8-6-16(7-9-18)25-19(27)12-17-13-29-20(26-17)14-4-3-5-15(11-14)21(22,23)24/h1,3-9,11,13H,10,12H2,(H,25,27). The molecule has 0 fully saturated rings. The Balaban J connectivity index is 1.63. The average Bonchev–Trinajstić information content (AvgIpc) is 3.15. The summed E-state index contributed by atoms with van der Waals surface area (Å²) in [5.41, 5.74) is 0.684. The molecule has 0 radical (unpaired) electrons. The molecule has 8 heteroatoms. The molecule has 0 bridgehead atoms. The van der Waals surface area contributed by atoms with Gasteiger partial charge in [0.15, 0.2) is 0 Å². The van der Waals surface area contributed by atoms with Gasteiger partial charge in [0.2, 0.25) is 5.91 Å². The van der Waals surface area contributed by atoms with Gasteiger partial charge in [-0.2, -0.15) is 13.2 Å². The molecule has 148 valence electrons. The van der Waals surface area contributed by atoms with E-state index >= 15 is 0 Å². The molecule has 1 heterocycles. The van der Waals surface area contributed by atoms with Crippen LogP contribution in [0, 0.1) is 12.3 Å². The lowest BCUT2D eigenvalue weighted by atomic mass is 10.1. The molecule has 2 aromatic carbocycles. The van der Waals surface area contributed by atoms with Crippen molar-refractivity contribution in [3.8, 4) is 28.7 Å². The van der Waals surface area contributed by atoms with E-state index in [-0.39, 0.29) is 18.9 Å². The first-order valence-electron chi connectivity index (χ1n) is 8.43. The maximum absolute atomic E-state index is 12.9. The number of alkyl halides is 3. The Morgan fingerprint density at radius 3 is 2.66 bits per heavy atom. The minimum atomic E-state index is -4.42. The van der Waals surface area contributed by atoms with Crippen molar-refractivity contribution in [2.24, 2.45) is 0 Å².